The lowest BCUT2D eigenvalue weighted by Crippen LogP contribution is -2.32. The molecule has 0 bridgehead atoms. The predicted molar refractivity (Wildman–Crippen MR) is 81.9 cm³/mol. The molecular weight excluding hydrogens is 270 g/mol. The molecule has 0 aliphatic heterocycles. The van der Waals surface area contributed by atoms with Crippen molar-refractivity contribution in [1.82, 2.24) is 5.32 Å². The van der Waals surface area contributed by atoms with Gasteiger partial charge in [-0.25, -0.2) is 4.79 Å². The van der Waals surface area contributed by atoms with E-state index in [1.165, 1.54) is 12.1 Å². The second kappa shape index (κ2) is 8.64. The highest BCUT2D eigenvalue weighted by molar-refractivity contribution is 5.87. The number of carbonyl (C=O) groups is 1. The highest BCUT2D eigenvalue weighted by atomic mass is 16.5. The van der Waals surface area contributed by atoms with Gasteiger partial charge in [0.2, 0.25) is 0 Å². The third-order valence-corrected chi connectivity index (χ3v) is 3.26. The first-order valence-corrected chi connectivity index (χ1v) is 7.22. The Labute approximate surface area is 125 Å². The van der Waals surface area contributed by atoms with Crippen LogP contribution in [0.25, 0.3) is 0 Å². The number of benzene rings is 1. The van der Waals surface area contributed by atoms with Crippen LogP contribution in [0.3, 0.4) is 0 Å². The van der Waals surface area contributed by atoms with E-state index in [1.54, 1.807) is 12.1 Å². The Morgan fingerprint density at radius 2 is 1.95 bits per heavy atom. The summed E-state index contributed by atoms with van der Waals surface area (Å²) in [5, 5.41) is 21.0. The minimum absolute atomic E-state index is 0.159. The molecule has 21 heavy (non-hydrogen) atoms. The molecule has 3 N–H and O–H groups in total. The van der Waals surface area contributed by atoms with Gasteiger partial charge in [0, 0.05) is 19.7 Å². The zero-order valence-corrected chi connectivity index (χ0v) is 12.8. The minimum atomic E-state index is -0.937. The lowest BCUT2D eigenvalue weighted by molar-refractivity contribution is 0.0697. The third-order valence-electron chi connectivity index (χ3n) is 3.26. The van der Waals surface area contributed by atoms with Crippen LogP contribution >= 0.6 is 0 Å². The molecule has 0 saturated carbocycles. The molecule has 0 aliphatic rings. The second-order valence-corrected chi connectivity index (χ2v) is 5.85. The molecule has 118 valence electrons. The number of ether oxygens (including phenoxy) is 1. The van der Waals surface area contributed by atoms with E-state index in [4.69, 9.17) is 14.9 Å². The van der Waals surface area contributed by atoms with E-state index < -0.39 is 5.97 Å². The fraction of sp³-hybridized carbons (Fsp3) is 0.562. The zero-order valence-electron chi connectivity index (χ0n) is 12.8. The summed E-state index contributed by atoms with van der Waals surface area (Å²) >= 11 is 0. The predicted octanol–water partition coefficient (Wildman–Crippen LogP) is 2.15. The minimum Gasteiger partial charge on any atom is -0.492 e. The number of carboxylic acids is 1. The highest BCUT2D eigenvalue weighted by Gasteiger charge is 2.16. The van der Waals surface area contributed by atoms with E-state index in [-0.39, 0.29) is 17.6 Å². The van der Waals surface area contributed by atoms with Crippen molar-refractivity contribution in [2.75, 3.05) is 26.3 Å². The van der Waals surface area contributed by atoms with E-state index in [2.05, 4.69) is 19.2 Å². The van der Waals surface area contributed by atoms with Crippen molar-refractivity contribution >= 4 is 5.97 Å². The van der Waals surface area contributed by atoms with E-state index in [9.17, 15) is 4.79 Å². The summed E-state index contributed by atoms with van der Waals surface area (Å²) in [7, 11) is 0. The maximum atomic E-state index is 10.7. The average Bonchev–Trinajstić information content (AvgIpc) is 2.45. The van der Waals surface area contributed by atoms with Gasteiger partial charge in [0.25, 0.3) is 0 Å². The molecule has 0 radical (unpaired) electrons. The molecule has 0 saturated heterocycles. The summed E-state index contributed by atoms with van der Waals surface area (Å²) in [4.78, 5) is 10.7. The molecule has 0 unspecified atom stereocenters. The molecule has 0 amide bonds. The molecule has 5 heteroatoms. The topological polar surface area (TPSA) is 78.8 Å². The summed E-state index contributed by atoms with van der Waals surface area (Å²) in [6.07, 6.45) is 1.80. The number of aliphatic hydroxyl groups is 1. The Morgan fingerprint density at radius 3 is 2.52 bits per heavy atom. The van der Waals surface area contributed by atoms with Gasteiger partial charge in [-0.05, 0) is 42.5 Å². The molecule has 0 aliphatic carbocycles. The Bertz CT molecular complexity index is 428. The number of aromatic carboxylic acids is 1. The van der Waals surface area contributed by atoms with Crippen molar-refractivity contribution in [2.45, 2.75) is 26.7 Å². The van der Waals surface area contributed by atoms with Gasteiger partial charge in [0.15, 0.2) is 0 Å². The van der Waals surface area contributed by atoms with Crippen molar-refractivity contribution in [3.05, 3.63) is 29.8 Å². The lowest BCUT2D eigenvalue weighted by atomic mass is 9.88. The summed E-state index contributed by atoms with van der Waals surface area (Å²) in [5.74, 6) is -0.269. The molecule has 0 aromatic heterocycles. The molecule has 1 aromatic rings. The van der Waals surface area contributed by atoms with Crippen LogP contribution in [0.4, 0.5) is 0 Å². The van der Waals surface area contributed by atoms with Gasteiger partial charge in [-0.2, -0.15) is 0 Å². The van der Waals surface area contributed by atoms with Crippen molar-refractivity contribution in [3.63, 3.8) is 0 Å². The first-order valence-electron chi connectivity index (χ1n) is 7.22. The first-order chi connectivity index (χ1) is 9.94. The number of rotatable bonds is 10. The maximum Gasteiger partial charge on any atom is 0.335 e. The van der Waals surface area contributed by atoms with E-state index in [0.717, 1.165) is 25.9 Å². The van der Waals surface area contributed by atoms with Crippen LogP contribution in [0.2, 0.25) is 0 Å². The quantitative estimate of drug-likeness (QED) is 0.576. The fourth-order valence-electron chi connectivity index (χ4n) is 2.01. The highest BCUT2D eigenvalue weighted by Crippen LogP contribution is 2.20. The summed E-state index contributed by atoms with van der Waals surface area (Å²) in [6, 6.07) is 6.38. The number of hydrogen-bond acceptors (Lipinski definition) is 4. The molecule has 1 rings (SSSR count). The van der Waals surface area contributed by atoms with Crippen LogP contribution in [0.5, 0.6) is 5.75 Å². The van der Waals surface area contributed by atoms with Gasteiger partial charge >= 0.3 is 5.97 Å². The Balaban J connectivity index is 2.20. The normalized spacial score (nSPS) is 11.4. The third kappa shape index (κ3) is 7.11. The van der Waals surface area contributed by atoms with Crippen LogP contribution in [0.15, 0.2) is 24.3 Å². The number of nitrogens with one attached hydrogen (secondary N) is 1. The van der Waals surface area contributed by atoms with E-state index >= 15 is 0 Å². The monoisotopic (exact) mass is 295 g/mol. The summed E-state index contributed by atoms with van der Waals surface area (Å²) in [6.45, 7) is 6.70. The van der Waals surface area contributed by atoms with E-state index in [0.29, 0.717) is 12.4 Å². The fourth-order valence-corrected chi connectivity index (χ4v) is 2.01. The Morgan fingerprint density at radius 1 is 1.29 bits per heavy atom. The van der Waals surface area contributed by atoms with Crippen molar-refractivity contribution in [1.29, 1.82) is 0 Å². The van der Waals surface area contributed by atoms with Crippen LogP contribution < -0.4 is 10.1 Å². The number of aliphatic hydroxyl groups excluding tert-OH is 1. The maximum absolute atomic E-state index is 10.7. The summed E-state index contributed by atoms with van der Waals surface area (Å²) in [5.41, 5.74) is 0.414. The standard InChI is InChI=1S/C16H25NO4/c1-16(2,8-3-10-18)12-17-9-11-21-14-6-4-13(5-7-14)15(19)20/h4-7,17-18H,3,8-12H2,1-2H3,(H,19,20). The van der Waals surface area contributed by atoms with Crippen molar-refractivity contribution in [2.24, 2.45) is 5.41 Å². The smallest absolute Gasteiger partial charge is 0.335 e. The average molecular weight is 295 g/mol. The van der Waals surface area contributed by atoms with Gasteiger partial charge in [-0.15, -0.1) is 0 Å². The Hall–Kier alpha value is -1.59. The molecular formula is C16H25NO4. The largest absolute Gasteiger partial charge is 0.492 e. The second-order valence-electron chi connectivity index (χ2n) is 5.85. The molecule has 1 aromatic carbocycles. The Kier molecular flexibility index (Phi) is 7.19. The first kappa shape index (κ1) is 17.5. The van der Waals surface area contributed by atoms with Crippen molar-refractivity contribution < 1.29 is 19.7 Å². The zero-order chi connectivity index (χ0) is 15.7. The molecule has 0 atom stereocenters. The summed E-state index contributed by atoms with van der Waals surface area (Å²) < 4.78 is 5.54. The molecule has 5 nitrogen and oxygen atoms in total. The van der Waals surface area contributed by atoms with Crippen LogP contribution in [-0.2, 0) is 0 Å². The van der Waals surface area contributed by atoms with Gasteiger partial charge < -0.3 is 20.3 Å². The van der Waals surface area contributed by atoms with Crippen LogP contribution in [0, 0.1) is 5.41 Å². The van der Waals surface area contributed by atoms with Crippen LogP contribution in [0.1, 0.15) is 37.0 Å². The molecule has 0 heterocycles. The van der Waals surface area contributed by atoms with Crippen molar-refractivity contribution in [3.8, 4) is 5.75 Å². The van der Waals surface area contributed by atoms with Gasteiger partial charge in [-0.1, -0.05) is 13.8 Å². The van der Waals surface area contributed by atoms with Crippen LogP contribution in [-0.4, -0.2) is 42.5 Å². The van der Waals surface area contributed by atoms with Gasteiger partial charge in [0.05, 0.1) is 5.56 Å². The lowest BCUT2D eigenvalue weighted by Gasteiger charge is -2.24. The molecule has 0 spiro atoms. The SMILES string of the molecule is CC(C)(CCCO)CNCCOc1ccc(C(=O)O)cc1. The van der Waals surface area contributed by atoms with E-state index in [1.807, 2.05) is 0 Å². The number of carboxylic acid groups (broad SMARTS) is 1. The molecule has 0 fully saturated rings. The number of hydrogen-bond donors (Lipinski definition) is 3. The van der Waals surface area contributed by atoms with Gasteiger partial charge in [-0.3, -0.25) is 0 Å². The van der Waals surface area contributed by atoms with Gasteiger partial charge in [0.1, 0.15) is 12.4 Å².